The van der Waals surface area contributed by atoms with Crippen molar-refractivity contribution in [2.75, 3.05) is 0 Å². The highest BCUT2D eigenvalue weighted by atomic mass is 16.2. The molecule has 2 aromatic heterocycles. The maximum atomic E-state index is 12.2. The van der Waals surface area contributed by atoms with Crippen LogP contribution in [-0.4, -0.2) is 20.0 Å². The lowest BCUT2D eigenvalue weighted by Crippen LogP contribution is -2.26. The second-order valence-corrected chi connectivity index (χ2v) is 5.58. The smallest absolute Gasteiger partial charge is 0.253 e. The predicted molar refractivity (Wildman–Crippen MR) is 88.3 cm³/mol. The second kappa shape index (κ2) is 5.72. The Morgan fingerprint density at radius 2 is 2.00 bits per heavy atom. The van der Waals surface area contributed by atoms with Crippen LogP contribution in [0.25, 0.3) is 11.0 Å². The number of benzene rings is 1. The molecule has 0 unspecified atom stereocenters. The molecule has 1 aromatic carbocycles. The highest BCUT2D eigenvalue weighted by Gasteiger charge is 2.12. The van der Waals surface area contributed by atoms with Crippen LogP contribution in [0.15, 0.2) is 41.3 Å². The van der Waals surface area contributed by atoms with Gasteiger partial charge in [0.1, 0.15) is 5.82 Å². The van der Waals surface area contributed by atoms with Crippen LogP contribution in [0.5, 0.6) is 0 Å². The van der Waals surface area contributed by atoms with Crippen LogP contribution in [-0.2, 0) is 20.6 Å². The number of hydrogen-bond acceptors (Lipinski definition) is 3. The van der Waals surface area contributed by atoms with Crippen LogP contribution in [0, 0.1) is 6.92 Å². The first-order valence-corrected chi connectivity index (χ1v) is 7.33. The zero-order chi connectivity index (χ0) is 16.6. The summed E-state index contributed by atoms with van der Waals surface area (Å²) < 4.78 is 3.37. The minimum absolute atomic E-state index is 0.146. The summed E-state index contributed by atoms with van der Waals surface area (Å²) in [5.74, 6) is 0.553. The van der Waals surface area contributed by atoms with E-state index in [0.717, 1.165) is 22.4 Å². The molecule has 0 saturated carbocycles. The number of nitrogens with zero attached hydrogens (tertiary/aromatic N) is 3. The number of amides is 1. The third kappa shape index (κ3) is 2.75. The molecule has 0 saturated heterocycles. The zero-order valence-electron chi connectivity index (χ0n) is 13.3. The number of fused-ring (bicyclic) bond motifs is 1. The van der Waals surface area contributed by atoms with Gasteiger partial charge in [-0.2, -0.15) is 0 Å². The molecule has 0 radical (unpaired) electrons. The molecule has 3 aromatic rings. The van der Waals surface area contributed by atoms with Gasteiger partial charge in [-0.05, 0) is 24.6 Å². The van der Waals surface area contributed by atoms with Crippen molar-refractivity contribution in [3.63, 3.8) is 0 Å². The van der Waals surface area contributed by atoms with E-state index >= 15 is 0 Å². The van der Waals surface area contributed by atoms with E-state index in [1.807, 2.05) is 36.7 Å². The lowest BCUT2D eigenvalue weighted by atomic mass is 10.2. The second-order valence-electron chi connectivity index (χ2n) is 5.58. The van der Waals surface area contributed by atoms with Gasteiger partial charge in [0.05, 0.1) is 23.1 Å². The minimum atomic E-state index is -0.232. The quantitative estimate of drug-likeness (QED) is 0.797. The van der Waals surface area contributed by atoms with Gasteiger partial charge in [0.15, 0.2) is 0 Å². The van der Waals surface area contributed by atoms with E-state index in [0.29, 0.717) is 12.1 Å². The van der Waals surface area contributed by atoms with Gasteiger partial charge in [0.2, 0.25) is 5.56 Å². The molecule has 6 nitrogen and oxygen atoms in total. The molecule has 1 N–H and O–H groups in total. The topological polar surface area (TPSA) is 68.9 Å². The Morgan fingerprint density at radius 1 is 1.22 bits per heavy atom. The number of rotatable bonds is 3. The number of carbonyl (C=O) groups excluding carboxylic acids is 1. The fraction of sp³-hybridized carbons (Fsp3) is 0.235. The average molecular weight is 310 g/mol. The average Bonchev–Trinajstić information content (AvgIpc) is 2.85. The third-order valence-corrected chi connectivity index (χ3v) is 3.94. The van der Waals surface area contributed by atoms with Gasteiger partial charge < -0.3 is 14.5 Å². The van der Waals surface area contributed by atoms with Crippen molar-refractivity contribution >= 4 is 16.9 Å². The number of para-hydroxylation sites is 1. The molecule has 118 valence electrons. The lowest BCUT2D eigenvalue weighted by molar-refractivity contribution is 0.0949. The Bertz CT molecular complexity index is 953. The summed E-state index contributed by atoms with van der Waals surface area (Å²) >= 11 is 0. The highest BCUT2D eigenvalue weighted by molar-refractivity contribution is 5.93. The van der Waals surface area contributed by atoms with Crippen molar-refractivity contribution in [3.8, 4) is 0 Å². The highest BCUT2D eigenvalue weighted by Crippen LogP contribution is 2.18. The molecule has 0 bridgehead atoms. The Morgan fingerprint density at radius 3 is 2.70 bits per heavy atom. The van der Waals surface area contributed by atoms with Gasteiger partial charge in [-0.25, -0.2) is 4.98 Å². The number of imidazole rings is 1. The Balaban J connectivity index is 1.82. The van der Waals surface area contributed by atoms with Crippen molar-refractivity contribution in [2.24, 2.45) is 14.1 Å². The first-order valence-electron chi connectivity index (χ1n) is 7.33. The SMILES string of the molecule is Cc1cccc2nc(CNC(=O)c3ccc(=O)n(C)c3)n(C)c12. The van der Waals surface area contributed by atoms with Crippen LogP contribution < -0.4 is 10.9 Å². The largest absolute Gasteiger partial charge is 0.345 e. The van der Waals surface area contributed by atoms with Crippen molar-refractivity contribution in [3.05, 3.63) is 63.8 Å². The summed E-state index contributed by atoms with van der Waals surface area (Å²) in [7, 11) is 3.56. The molecule has 0 aliphatic heterocycles. The Hall–Kier alpha value is -2.89. The Labute approximate surface area is 133 Å². The van der Waals surface area contributed by atoms with Gasteiger partial charge >= 0.3 is 0 Å². The monoisotopic (exact) mass is 310 g/mol. The Kier molecular flexibility index (Phi) is 3.73. The van der Waals surface area contributed by atoms with Gasteiger partial charge in [0, 0.05) is 26.4 Å². The summed E-state index contributed by atoms with van der Waals surface area (Å²) in [5.41, 5.74) is 3.43. The fourth-order valence-corrected chi connectivity index (χ4v) is 2.66. The summed E-state index contributed by atoms with van der Waals surface area (Å²) in [6.07, 6.45) is 1.52. The van der Waals surface area contributed by atoms with Gasteiger partial charge in [-0.15, -0.1) is 0 Å². The molecule has 1 amide bonds. The van der Waals surface area contributed by atoms with Gasteiger partial charge in [-0.1, -0.05) is 12.1 Å². The van der Waals surface area contributed by atoms with E-state index in [1.54, 1.807) is 7.05 Å². The predicted octanol–water partition coefficient (Wildman–Crippen LogP) is 1.51. The van der Waals surface area contributed by atoms with Crippen molar-refractivity contribution in [2.45, 2.75) is 13.5 Å². The number of aryl methyl sites for hydroxylation is 3. The summed E-state index contributed by atoms with van der Waals surface area (Å²) in [6, 6.07) is 8.87. The summed E-state index contributed by atoms with van der Waals surface area (Å²) in [6.45, 7) is 2.36. The first kappa shape index (κ1) is 15.0. The molecule has 0 aliphatic rings. The van der Waals surface area contributed by atoms with Crippen molar-refractivity contribution < 1.29 is 4.79 Å². The van der Waals surface area contributed by atoms with Crippen LogP contribution in [0.2, 0.25) is 0 Å². The zero-order valence-corrected chi connectivity index (χ0v) is 13.3. The molecular formula is C17H18N4O2. The molecule has 6 heteroatoms. The van der Waals surface area contributed by atoms with E-state index in [4.69, 9.17) is 0 Å². The maximum absolute atomic E-state index is 12.2. The molecule has 23 heavy (non-hydrogen) atoms. The van der Waals surface area contributed by atoms with Gasteiger partial charge in [-0.3, -0.25) is 9.59 Å². The van der Waals surface area contributed by atoms with E-state index in [2.05, 4.69) is 10.3 Å². The molecule has 0 aliphatic carbocycles. The minimum Gasteiger partial charge on any atom is -0.345 e. The van der Waals surface area contributed by atoms with Crippen molar-refractivity contribution in [1.82, 2.24) is 19.4 Å². The summed E-state index contributed by atoms with van der Waals surface area (Å²) in [5, 5.41) is 2.85. The molecule has 3 rings (SSSR count). The van der Waals surface area contributed by atoms with Crippen LogP contribution in [0.4, 0.5) is 0 Å². The standard InChI is InChI=1S/C17H18N4O2/c1-11-5-4-6-13-16(11)21(3)14(19-13)9-18-17(23)12-7-8-15(22)20(2)10-12/h4-8,10H,9H2,1-3H3,(H,18,23). The maximum Gasteiger partial charge on any atom is 0.253 e. The lowest BCUT2D eigenvalue weighted by Gasteiger charge is -2.07. The third-order valence-electron chi connectivity index (χ3n) is 3.94. The number of nitrogens with one attached hydrogen (secondary N) is 1. The fourth-order valence-electron chi connectivity index (χ4n) is 2.66. The van der Waals surface area contributed by atoms with E-state index < -0.39 is 0 Å². The van der Waals surface area contributed by atoms with E-state index in [-0.39, 0.29) is 11.5 Å². The van der Waals surface area contributed by atoms with Crippen LogP contribution in [0.1, 0.15) is 21.7 Å². The molecular weight excluding hydrogens is 292 g/mol. The van der Waals surface area contributed by atoms with E-state index in [1.165, 1.54) is 22.9 Å². The molecule has 0 fully saturated rings. The summed E-state index contributed by atoms with van der Waals surface area (Å²) in [4.78, 5) is 28.1. The van der Waals surface area contributed by atoms with Crippen molar-refractivity contribution in [1.29, 1.82) is 0 Å². The van der Waals surface area contributed by atoms with Crippen LogP contribution >= 0.6 is 0 Å². The van der Waals surface area contributed by atoms with Crippen LogP contribution in [0.3, 0.4) is 0 Å². The number of hydrogen-bond donors (Lipinski definition) is 1. The normalized spacial score (nSPS) is 10.9. The number of aromatic nitrogens is 3. The molecule has 0 spiro atoms. The number of pyridine rings is 1. The number of carbonyl (C=O) groups is 1. The molecule has 2 heterocycles. The van der Waals surface area contributed by atoms with Gasteiger partial charge in [0.25, 0.3) is 5.91 Å². The molecule has 0 atom stereocenters. The first-order chi connectivity index (χ1) is 11.0. The van der Waals surface area contributed by atoms with E-state index in [9.17, 15) is 9.59 Å².